The molecule has 0 radical (unpaired) electrons. The predicted octanol–water partition coefficient (Wildman–Crippen LogP) is 2.13. The van der Waals surface area contributed by atoms with Crippen molar-refractivity contribution in [2.75, 3.05) is 6.54 Å². The van der Waals surface area contributed by atoms with Gasteiger partial charge in [-0.3, -0.25) is 9.59 Å². The molecule has 0 aromatic heterocycles. The first-order valence-electron chi connectivity index (χ1n) is 7.99. The van der Waals surface area contributed by atoms with Crippen molar-refractivity contribution in [1.29, 1.82) is 5.26 Å². The molecule has 1 aliphatic carbocycles. The Labute approximate surface area is 127 Å². The van der Waals surface area contributed by atoms with Gasteiger partial charge in [0.25, 0.3) is 0 Å². The molecule has 0 saturated heterocycles. The zero-order valence-electron chi connectivity index (χ0n) is 13.2. The van der Waals surface area contributed by atoms with Crippen LogP contribution in [0.3, 0.4) is 0 Å². The number of nitrogens with one attached hydrogen (secondary N) is 2. The molecule has 1 aliphatic rings. The fourth-order valence-corrected chi connectivity index (χ4v) is 2.78. The minimum Gasteiger partial charge on any atom is -0.344 e. The molecule has 1 fully saturated rings. The number of amides is 2. The lowest BCUT2D eigenvalue weighted by molar-refractivity contribution is -0.131. The molecule has 21 heavy (non-hydrogen) atoms. The first-order valence-corrected chi connectivity index (χ1v) is 7.99. The van der Waals surface area contributed by atoms with Gasteiger partial charge in [0.1, 0.15) is 12.6 Å². The molecule has 118 valence electrons. The van der Waals surface area contributed by atoms with Crippen LogP contribution in [0, 0.1) is 23.2 Å². The molecule has 2 amide bonds. The van der Waals surface area contributed by atoms with Crippen LogP contribution in [0.15, 0.2) is 0 Å². The third kappa shape index (κ3) is 6.61. The fraction of sp³-hybridized carbons (Fsp3) is 0.812. The summed E-state index contributed by atoms with van der Waals surface area (Å²) in [6, 6.07) is 1.35. The van der Waals surface area contributed by atoms with E-state index in [1.165, 1.54) is 12.8 Å². The Balaban J connectivity index is 2.59. The highest BCUT2D eigenvalue weighted by Crippen LogP contribution is 2.23. The van der Waals surface area contributed by atoms with E-state index in [-0.39, 0.29) is 24.3 Å². The maximum Gasteiger partial charge on any atom is 0.243 e. The normalized spacial score (nSPS) is 17.6. The lowest BCUT2D eigenvalue weighted by Gasteiger charge is -2.22. The van der Waals surface area contributed by atoms with Gasteiger partial charge in [0.05, 0.1) is 6.07 Å². The van der Waals surface area contributed by atoms with Gasteiger partial charge in [0.15, 0.2) is 0 Å². The van der Waals surface area contributed by atoms with Gasteiger partial charge in [0.2, 0.25) is 11.8 Å². The Morgan fingerprint density at radius 3 is 2.33 bits per heavy atom. The standard InChI is InChI=1S/C16H27N3O2/c1-12(2)11-14(16(21)18-10-9-17)19-15(20)13-7-5-3-4-6-8-13/h12-14H,3-8,10-11H2,1-2H3,(H,18,21)(H,19,20)/t14-/m0/s1. The monoisotopic (exact) mass is 293 g/mol. The number of rotatable bonds is 6. The van der Waals surface area contributed by atoms with Crippen molar-refractivity contribution in [3.05, 3.63) is 0 Å². The van der Waals surface area contributed by atoms with Crippen molar-refractivity contribution in [3.63, 3.8) is 0 Å². The van der Waals surface area contributed by atoms with Crippen LogP contribution < -0.4 is 10.6 Å². The quantitative estimate of drug-likeness (QED) is 0.581. The summed E-state index contributed by atoms with van der Waals surface area (Å²) in [5.74, 6) is 0.0741. The molecule has 1 atom stereocenters. The van der Waals surface area contributed by atoms with Gasteiger partial charge < -0.3 is 10.6 Å². The summed E-state index contributed by atoms with van der Waals surface area (Å²) >= 11 is 0. The second-order valence-corrected chi connectivity index (χ2v) is 6.26. The lowest BCUT2D eigenvalue weighted by atomic mass is 9.97. The van der Waals surface area contributed by atoms with Gasteiger partial charge in [-0.25, -0.2) is 0 Å². The minimum absolute atomic E-state index is 0.00495. The van der Waals surface area contributed by atoms with E-state index in [2.05, 4.69) is 10.6 Å². The van der Waals surface area contributed by atoms with Crippen molar-refractivity contribution in [2.24, 2.45) is 11.8 Å². The molecule has 1 rings (SSSR count). The summed E-state index contributed by atoms with van der Waals surface area (Å²) in [4.78, 5) is 24.4. The predicted molar refractivity (Wildman–Crippen MR) is 81.2 cm³/mol. The van der Waals surface area contributed by atoms with Gasteiger partial charge in [-0.1, -0.05) is 39.5 Å². The van der Waals surface area contributed by atoms with Crippen LogP contribution in [0.4, 0.5) is 0 Å². The summed E-state index contributed by atoms with van der Waals surface area (Å²) < 4.78 is 0. The number of nitriles is 1. The van der Waals surface area contributed by atoms with Crippen molar-refractivity contribution in [3.8, 4) is 6.07 Å². The van der Waals surface area contributed by atoms with E-state index >= 15 is 0 Å². The van der Waals surface area contributed by atoms with Crippen molar-refractivity contribution in [2.45, 2.75) is 64.8 Å². The second-order valence-electron chi connectivity index (χ2n) is 6.26. The largest absolute Gasteiger partial charge is 0.344 e. The molecular formula is C16H27N3O2. The van der Waals surface area contributed by atoms with E-state index in [1.54, 1.807) is 0 Å². The smallest absolute Gasteiger partial charge is 0.243 e. The van der Waals surface area contributed by atoms with Crippen LogP contribution in [0.5, 0.6) is 0 Å². The molecule has 0 aromatic rings. The first-order chi connectivity index (χ1) is 10.0. The SMILES string of the molecule is CC(C)C[C@H](NC(=O)C1CCCCCC1)C(=O)NCC#N. The molecule has 0 aliphatic heterocycles. The van der Waals surface area contributed by atoms with E-state index < -0.39 is 6.04 Å². The zero-order valence-corrected chi connectivity index (χ0v) is 13.2. The Bertz CT molecular complexity index is 379. The minimum atomic E-state index is -0.533. The highest BCUT2D eigenvalue weighted by atomic mass is 16.2. The van der Waals surface area contributed by atoms with Crippen LogP contribution in [-0.2, 0) is 9.59 Å². The van der Waals surface area contributed by atoms with Gasteiger partial charge in [-0.2, -0.15) is 5.26 Å². The molecule has 0 heterocycles. The van der Waals surface area contributed by atoms with Gasteiger partial charge in [0, 0.05) is 5.92 Å². The number of hydrogen-bond donors (Lipinski definition) is 2. The Morgan fingerprint density at radius 2 is 1.81 bits per heavy atom. The third-order valence-corrected chi connectivity index (χ3v) is 3.91. The number of carbonyl (C=O) groups is 2. The van der Waals surface area contributed by atoms with Crippen molar-refractivity contribution in [1.82, 2.24) is 10.6 Å². The van der Waals surface area contributed by atoms with Crippen molar-refractivity contribution >= 4 is 11.8 Å². The molecule has 5 heteroatoms. The van der Waals surface area contributed by atoms with Gasteiger partial charge in [-0.15, -0.1) is 0 Å². The first kappa shape index (κ1) is 17.5. The Morgan fingerprint density at radius 1 is 1.19 bits per heavy atom. The van der Waals surface area contributed by atoms with Crippen LogP contribution >= 0.6 is 0 Å². The molecule has 0 spiro atoms. The van der Waals surface area contributed by atoms with Crippen molar-refractivity contribution < 1.29 is 9.59 Å². The van der Waals surface area contributed by atoms with E-state index in [0.717, 1.165) is 25.7 Å². The third-order valence-electron chi connectivity index (χ3n) is 3.91. The molecule has 0 bridgehead atoms. The molecule has 2 N–H and O–H groups in total. The van der Waals surface area contributed by atoms with Crippen LogP contribution in [0.1, 0.15) is 58.8 Å². The van der Waals surface area contributed by atoms with E-state index in [0.29, 0.717) is 12.3 Å². The topological polar surface area (TPSA) is 82.0 Å². The van der Waals surface area contributed by atoms with E-state index in [4.69, 9.17) is 5.26 Å². The molecule has 0 unspecified atom stereocenters. The maximum absolute atomic E-state index is 12.4. The summed E-state index contributed by atoms with van der Waals surface area (Å²) in [7, 11) is 0. The average molecular weight is 293 g/mol. The molecular weight excluding hydrogens is 266 g/mol. The summed E-state index contributed by atoms with van der Waals surface area (Å²) in [6.45, 7) is 4.01. The lowest BCUT2D eigenvalue weighted by Crippen LogP contribution is -2.49. The Hall–Kier alpha value is -1.57. The number of hydrogen-bond acceptors (Lipinski definition) is 3. The van der Waals surface area contributed by atoms with E-state index in [9.17, 15) is 9.59 Å². The van der Waals surface area contributed by atoms with Gasteiger partial charge >= 0.3 is 0 Å². The second kappa shape index (κ2) is 9.38. The highest BCUT2D eigenvalue weighted by Gasteiger charge is 2.26. The average Bonchev–Trinajstić information content (AvgIpc) is 2.72. The molecule has 0 aromatic carbocycles. The Kier molecular flexibility index (Phi) is 7.81. The maximum atomic E-state index is 12.4. The molecule has 5 nitrogen and oxygen atoms in total. The van der Waals surface area contributed by atoms with Crippen LogP contribution in [0.25, 0.3) is 0 Å². The van der Waals surface area contributed by atoms with E-state index in [1.807, 2.05) is 19.9 Å². The highest BCUT2D eigenvalue weighted by molar-refractivity contribution is 5.88. The number of nitrogens with zero attached hydrogens (tertiary/aromatic N) is 1. The summed E-state index contributed by atoms with van der Waals surface area (Å²) in [5.41, 5.74) is 0. The summed E-state index contributed by atoms with van der Waals surface area (Å²) in [6.07, 6.45) is 7.00. The van der Waals surface area contributed by atoms with Crippen LogP contribution in [0.2, 0.25) is 0 Å². The number of carbonyl (C=O) groups excluding carboxylic acids is 2. The van der Waals surface area contributed by atoms with Crippen LogP contribution in [-0.4, -0.2) is 24.4 Å². The van der Waals surface area contributed by atoms with Gasteiger partial charge in [-0.05, 0) is 25.2 Å². The zero-order chi connectivity index (χ0) is 15.7. The fourth-order valence-electron chi connectivity index (χ4n) is 2.78. The molecule has 1 saturated carbocycles. The summed E-state index contributed by atoms with van der Waals surface area (Å²) in [5, 5.41) is 14.0.